The van der Waals surface area contributed by atoms with Gasteiger partial charge >= 0.3 is 12.0 Å². The smallest absolute Gasteiger partial charge is 0.324 e. The van der Waals surface area contributed by atoms with Crippen LogP contribution in [-0.4, -0.2) is 53.1 Å². The summed E-state index contributed by atoms with van der Waals surface area (Å²) < 4.78 is 0. The molecule has 1 atom stereocenters. The number of hydrogen-bond donors (Lipinski definition) is 3. The van der Waals surface area contributed by atoms with Gasteiger partial charge in [-0.1, -0.05) is 13.3 Å². The third kappa shape index (κ3) is 3.69. The first-order valence-electron chi connectivity index (χ1n) is 7.02. The van der Waals surface area contributed by atoms with Crippen LogP contribution in [0.3, 0.4) is 0 Å². The Bertz CT molecular complexity index is 386. The van der Waals surface area contributed by atoms with Crippen LogP contribution in [0.5, 0.6) is 0 Å². The lowest BCUT2D eigenvalue weighted by Gasteiger charge is -2.34. The Morgan fingerprint density at radius 2 is 2.00 bits per heavy atom. The fraction of sp³-hybridized carbons (Fsp3) is 0.769. The van der Waals surface area contributed by atoms with Gasteiger partial charge in [0.15, 0.2) is 0 Å². The highest BCUT2D eigenvalue weighted by molar-refractivity contribution is 5.95. The molecule has 7 heteroatoms. The van der Waals surface area contributed by atoms with Crippen LogP contribution >= 0.6 is 0 Å². The van der Waals surface area contributed by atoms with Crippen LogP contribution in [-0.2, 0) is 9.59 Å². The van der Waals surface area contributed by atoms with Crippen molar-refractivity contribution in [2.45, 2.75) is 45.1 Å². The molecule has 3 amide bonds. The summed E-state index contributed by atoms with van der Waals surface area (Å²) in [7, 11) is 0. The molecule has 0 aromatic heterocycles. The second kappa shape index (κ2) is 7.23. The van der Waals surface area contributed by atoms with Crippen molar-refractivity contribution < 1.29 is 19.5 Å². The molecular formula is C13H23N3O4. The van der Waals surface area contributed by atoms with Gasteiger partial charge in [0.2, 0.25) is 5.91 Å². The van der Waals surface area contributed by atoms with Gasteiger partial charge in [-0.15, -0.1) is 0 Å². The highest BCUT2D eigenvalue weighted by atomic mass is 16.4. The van der Waals surface area contributed by atoms with Gasteiger partial charge in [0.1, 0.15) is 5.54 Å². The first-order valence-corrected chi connectivity index (χ1v) is 7.02. The standard InChI is InChI=1S/C13H23N3O4/c1-3-6-13(11(18)19)7-5-8-16(13)9-10(17)15-12(20)14-4-2/h3-9H2,1-2H3,(H,18,19)(H2,14,15,17,20). The number of carbonyl (C=O) groups excluding carboxylic acids is 2. The molecule has 1 rings (SSSR count). The maximum Gasteiger partial charge on any atom is 0.324 e. The highest BCUT2D eigenvalue weighted by Crippen LogP contribution is 2.33. The molecule has 0 aromatic carbocycles. The molecule has 0 bridgehead atoms. The van der Waals surface area contributed by atoms with E-state index >= 15 is 0 Å². The van der Waals surface area contributed by atoms with E-state index < -0.39 is 23.4 Å². The fourth-order valence-corrected chi connectivity index (χ4v) is 2.75. The van der Waals surface area contributed by atoms with Gasteiger partial charge in [-0.25, -0.2) is 4.79 Å². The lowest BCUT2D eigenvalue weighted by molar-refractivity contribution is -0.150. The molecule has 0 aromatic rings. The molecule has 114 valence electrons. The SMILES string of the molecule is CCCC1(C(=O)O)CCCN1CC(=O)NC(=O)NCC. The molecule has 1 aliphatic heterocycles. The van der Waals surface area contributed by atoms with Crippen molar-refractivity contribution in [1.82, 2.24) is 15.5 Å². The quantitative estimate of drug-likeness (QED) is 0.662. The monoisotopic (exact) mass is 285 g/mol. The van der Waals surface area contributed by atoms with E-state index in [1.165, 1.54) is 0 Å². The molecule has 0 spiro atoms. The number of hydrogen-bond acceptors (Lipinski definition) is 4. The summed E-state index contributed by atoms with van der Waals surface area (Å²) >= 11 is 0. The van der Waals surface area contributed by atoms with E-state index in [4.69, 9.17) is 0 Å². The second-order valence-corrected chi connectivity index (χ2v) is 5.02. The van der Waals surface area contributed by atoms with Crippen LogP contribution in [0.4, 0.5) is 4.79 Å². The van der Waals surface area contributed by atoms with E-state index in [0.29, 0.717) is 25.9 Å². The lowest BCUT2D eigenvalue weighted by Crippen LogP contribution is -2.54. The number of aliphatic carboxylic acids is 1. The zero-order chi connectivity index (χ0) is 15.2. The Labute approximate surface area is 118 Å². The number of amides is 3. The van der Waals surface area contributed by atoms with E-state index in [-0.39, 0.29) is 6.54 Å². The number of nitrogens with zero attached hydrogens (tertiary/aromatic N) is 1. The van der Waals surface area contributed by atoms with Crippen LogP contribution < -0.4 is 10.6 Å². The molecule has 1 heterocycles. The van der Waals surface area contributed by atoms with Crippen molar-refractivity contribution >= 4 is 17.9 Å². The average Bonchev–Trinajstić information content (AvgIpc) is 2.74. The second-order valence-electron chi connectivity index (χ2n) is 5.02. The number of carbonyl (C=O) groups is 3. The first-order chi connectivity index (χ1) is 9.46. The Hall–Kier alpha value is -1.63. The summed E-state index contributed by atoms with van der Waals surface area (Å²) in [5, 5.41) is 14.2. The van der Waals surface area contributed by atoms with Gasteiger partial charge in [-0.3, -0.25) is 19.8 Å². The Kier molecular flexibility index (Phi) is 5.94. The molecule has 0 saturated carbocycles. The van der Waals surface area contributed by atoms with Crippen LogP contribution in [0, 0.1) is 0 Å². The molecule has 1 saturated heterocycles. The zero-order valence-corrected chi connectivity index (χ0v) is 12.1. The largest absolute Gasteiger partial charge is 0.480 e. The predicted molar refractivity (Wildman–Crippen MR) is 73.3 cm³/mol. The Morgan fingerprint density at radius 3 is 2.55 bits per heavy atom. The molecule has 1 aliphatic rings. The number of imide groups is 1. The van der Waals surface area contributed by atoms with Gasteiger partial charge in [0.05, 0.1) is 6.54 Å². The minimum atomic E-state index is -0.965. The van der Waals surface area contributed by atoms with E-state index in [1.54, 1.807) is 11.8 Å². The minimum Gasteiger partial charge on any atom is -0.480 e. The van der Waals surface area contributed by atoms with Crippen LogP contribution in [0.25, 0.3) is 0 Å². The van der Waals surface area contributed by atoms with Gasteiger partial charge in [-0.05, 0) is 32.7 Å². The van der Waals surface area contributed by atoms with E-state index in [1.807, 2.05) is 6.92 Å². The zero-order valence-electron chi connectivity index (χ0n) is 12.1. The molecule has 7 nitrogen and oxygen atoms in total. The van der Waals surface area contributed by atoms with Crippen molar-refractivity contribution in [1.29, 1.82) is 0 Å². The molecule has 20 heavy (non-hydrogen) atoms. The van der Waals surface area contributed by atoms with Crippen LogP contribution in [0.15, 0.2) is 0 Å². The van der Waals surface area contributed by atoms with Crippen molar-refractivity contribution in [3.63, 3.8) is 0 Å². The maximum absolute atomic E-state index is 11.8. The predicted octanol–water partition coefficient (Wildman–Crippen LogP) is 0.551. The fourth-order valence-electron chi connectivity index (χ4n) is 2.75. The maximum atomic E-state index is 11.8. The molecule has 0 radical (unpaired) electrons. The minimum absolute atomic E-state index is 0.0660. The third-order valence-electron chi connectivity index (χ3n) is 3.61. The van der Waals surface area contributed by atoms with Crippen LogP contribution in [0.1, 0.15) is 39.5 Å². The van der Waals surface area contributed by atoms with Crippen molar-refractivity contribution in [3.8, 4) is 0 Å². The summed E-state index contributed by atoms with van der Waals surface area (Å²) in [6.45, 7) is 4.60. The highest BCUT2D eigenvalue weighted by Gasteiger charge is 2.47. The summed E-state index contributed by atoms with van der Waals surface area (Å²) in [5.74, 6) is -1.36. The van der Waals surface area contributed by atoms with Gasteiger partial charge in [-0.2, -0.15) is 0 Å². The summed E-state index contributed by atoms with van der Waals surface area (Å²) in [6.07, 6.45) is 2.54. The Balaban J connectivity index is 2.67. The van der Waals surface area contributed by atoms with Crippen LogP contribution in [0.2, 0.25) is 0 Å². The lowest BCUT2D eigenvalue weighted by atomic mass is 9.90. The average molecular weight is 285 g/mol. The molecule has 0 aliphatic carbocycles. The first kappa shape index (κ1) is 16.4. The summed E-state index contributed by atoms with van der Waals surface area (Å²) in [5.41, 5.74) is -0.965. The van der Waals surface area contributed by atoms with Crippen molar-refractivity contribution in [2.24, 2.45) is 0 Å². The molecule has 1 unspecified atom stereocenters. The normalized spacial score (nSPS) is 22.5. The topological polar surface area (TPSA) is 98.7 Å². The number of carboxylic acids is 1. The van der Waals surface area contributed by atoms with E-state index in [2.05, 4.69) is 10.6 Å². The van der Waals surface area contributed by atoms with Gasteiger partial charge in [0.25, 0.3) is 0 Å². The van der Waals surface area contributed by atoms with Gasteiger partial charge in [0, 0.05) is 6.54 Å². The molecule has 1 fully saturated rings. The molecular weight excluding hydrogens is 262 g/mol. The number of rotatable bonds is 6. The van der Waals surface area contributed by atoms with Crippen molar-refractivity contribution in [3.05, 3.63) is 0 Å². The van der Waals surface area contributed by atoms with E-state index in [0.717, 1.165) is 12.8 Å². The summed E-state index contributed by atoms with van der Waals surface area (Å²) in [4.78, 5) is 36.3. The van der Waals surface area contributed by atoms with E-state index in [9.17, 15) is 19.5 Å². The third-order valence-corrected chi connectivity index (χ3v) is 3.61. The number of nitrogens with one attached hydrogen (secondary N) is 2. The molecule has 3 N–H and O–H groups in total. The van der Waals surface area contributed by atoms with Crippen molar-refractivity contribution in [2.75, 3.05) is 19.6 Å². The number of likely N-dealkylation sites (tertiary alicyclic amines) is 1. The summed E-state index contributed by atoms with van der Waals surface area (Å²) in [6, 6.07) is -0.548. The number of urea groups is 1. The Morgan fingerprint density at radius 1 is 1.30 bits per heavy atom. The number of carboxylic acid groups (broad SMARTS) is 1. The van der Waals surface area contributed by atoms with Gasteiger partial charge < -0.3 is 10.4 Å².